The lowest BCUT2D eigenvalue weighted by molar-refractivity contribution is 0.0757. The van der Waals surface area contributed by atoms with E-state index in [1.165, 1.54) is 17.5 Å². The van der Waals surface area contributed by atoms with Gasteiger partial charge in [0, 0.05) is 13.2 Å². The van der Waals surface area contributed by atoms with Gasteiger partial charge in [0.15, 0.2) is 0 Å². The fourth-order valence-corrected chi connectivity index (χ4v) is 2.20. The van der Waals surface area contributed by atoms with Gasteiger partial charge in [-0.05, 0) is 17.5 Å². The second kappa shape index (κ2) is 7.52. The van der Waals surface area contributed by atoms with E-state index < -0.39 is 0 Å². The summed E-state index contributed by atoms with van der Waals surface area (Å²) in [5.41, 5.74) is 2.67. The van der Waals surface area contributed by atoms with Crippen LogP contribution in [0.25, 0.3) is 0 Å². The number of rotatable bonds is 7. The van der Waals surface area contributed by atoms with E-state index in [2.05, 4.69) is 36.5 Å². The SMILES string of the molecule is CCCCOCCNC1COCc2ccccc21. The fraction of sp³-hybridized carbons (Fsp3) is 0.600. The van der Waals surface area contributed by atoms with E-state index >= 15 is 0 Å². The molecule has 1 aromatic rings. The summed E-state index contributed by atoms with van der Waals surface area (Å²) in [5, 5.41) is 3.50. The van der Waals surface area contributed by atoms with Crippen molar-refractivity contribution in [1.29, 1.82) is 0 Å². The summed E-state index contributed by atoms with van der Waals surface area (Å²) in [4.78, 5) is 0. The van der Waals surface area contributed by atoms with Crippen molar-refractivity contribution in [2.45, 2.75) is 32.4 Å². The number of nitrogens with one attached hydrogen (secondary N) is 1. The molecule has 0 bridgehead atoms. The molecule has 3 nitrogen and oxygen atoms in total. The number of hydrogen-bond donors (Lipinski definition) is 1. The quantitative estimate of drug-likeness (QED) is 0.754. The van der Waals surface area contributed by atoms with Crippen molar-refractivity contribution >= 4 is 0 Å². The Balaban J connectivity index is 1.74. The summed E-state index contributed by atoms with van der Waals surface area (Å²) in [7, 11) is 0. The maximum Gasteiger partial charge on any atom is 0.0721 e. The van der Waals surface area contributed by atoms with Crippen LogP contribution in [-0.4, -0.2) is 26.4 Å². The summed E-state index contributed by atoms with van der Waals surface area (Å²) in [5.74, 6) is 0. The van der Waals surface area contributed by atoms with Gasteiger partial charge in [-0.25, -0.2) is 0 Å². The molecule has 0 fully saturated rings. The van der Waals surface area contributed by atoms with E-state index in [-0.39, 0.29) is 0 Å². The van der Waals surface area contributed by atoms with Gasteiger partial charge in [-0.1, -0.05) is 37.6 Å². The molecule has 1 aliphatic heterocycles. The summed E-state index contributed by atoms with van der Waals surface area (Å²) < 4.78 is 11.2. The fourth-order valence-electron chi connectivity index (χ4n) is 2.20. The lowest BCUT2D eigenvalue weighted by Gasteiger charge is -2.26. The van der Waals surface area contributed by atoms with Gasteiger partial charge in [0.2, 0.25) is 0 Å². The average Bonchev–Trinajstić information content (AvgIpc) is 2.43. The smallest absolute Gasteiger partial charge is 0.0721 e. The van der Waals surface area contributed by atoms with Gasteiger partial charge in [-0.2, -0.15) is 0 Å². The van der Waals surface area contributed by atoms with E-state index in [1.54, 1.807) is 0 Å². The first-order chi connectivity index (χ1) is 8.92. The van der Waals surface area contributed by atoms with E-state index in [9.17, 15) is 0 Å². The molecule has 0 aromatic heterocycles. The Labute approximate surface area is 109 Å². The third kappa shape index (κ3) is 3.80. The zero-order valence-corrected chi connectivity index (χ0v) is 11.2. The van der Waals surface area contributed by atoms with Crippen molar-refractivity contribution in [3.63, 3.8) is 0 Å². The first-order valence-corrected chi connectivity index (χ1v) is 6.88. The maximum absolute atomic E-state index is 5.60. The van der Waals surface area contributed by atoms with Crippen LogP contribution in [0.3, 0.4) is 0 Å². The van der Waals surface area contributed by atoms with E-state index in [1.807, 2.05) is 0 Å². The molecule has 100 valence electrons. The van der Waals surface area contributed by atoms with Crippen LogP contribution in [-0.2, 0) is 16.1 Å². The van der Waals surface area contributed by atoms with Crippen molar-refractivity contribution in [1.82, 2.24) is 5.32 Å². The second-order valence-corrected chi connectivity index (χ2v) is 4.69. The van der Waals surface area contributed by atoms with Gasteiger partial charge in [0.05, 0.1) is 25.9 Å². The molecule has 18 heavy (non-hydrogen) atoms. The topological polar surface area (TPSA) is 30.5 Å². The first kappa shape index (κ1) is 13.5. The van der Waals surface area contributed by atoms with Crippen LogP contribution in [0.15, 0.2) is 24.3 Å². The summed E-state index contributed by atoms with van der Waals surface area (Å²) in [6.45, 7) is 6.20. The standard InChI is InChI=1S/C15H23NO2/c1-2-3-9-17-10-8-16-15-12-18-11-13-6-4-5-7-14(13)15/h4-7,15-16H,2-3,8-12H2,1H3. The van der Waals surface area contributed by atoms with Crippen molar-refractivity contribution in [2.75, 3.05) is 26.4 Å². The van der Waals surface area contributed by atoms with Crippen LogP contribution in [0, 0.1) is 0 Å². The molecule has 0 amide bonds. The molecular formula is C15H23NO2. The molecule has 0 spiro atoms. The molecule has 1 unspecified atom stereocenters. The monoisotopic (exact) mass is 249 g/mol. The Bertz CT molecular complexity index is 354. The zero-order chi connectivity index (χ0) is 12.6. The van der Waals surface area contributed by atoms with Crippen molar-refractivity contribution in [3.8, 4) is 0 Å². The highest BCUT2D eigenvalue weighted by Gasteiger charge is 2.19. The summed E-state index contributed by atoms with van der Waals surface area (Å²) in [6.07, 6.45) is 2.34. The highest BCUT2D eigenvalue weighted by atomic mass is 16.5. The minimum absolute atomic E-state index is 0.310. The van der Waals surface area contributed by atoms with E-state index in [0.717, 1.165) is 39.4 Å². The molecule has 1 heterocycles. The minimum Gasteiger partial charge on any atom is -0.380 e. The van der Waals surface area contributed by atoms with Crippen molar-refractivity contribution in [2.24, 2.45) is 0 Å². The third-order valence-electron chi connectivity index (χ3n) is 3.25. The van der Waals surface area contributed by atoms with Crippen LogP contribution in [0.5, 0.6) is 0 Å². The van der Waals surface area contributed by atoms with Gasteiger partial charge in [0.25, 0.3) is 0 Å². The lowest BCUT2D eigenvalue weighted by atomic mass is 9.99. The Kier molecular flexibility index (Phi) is 5.65. The molecule has 0 saturated heterocycles. The first-order valence-electron chi connectivity index (χ1n) is 6.88. The number of unbranched alkanes of at least 4 members (excludes halogenated alkanes) is 1. The molecule has 0 aliphatic carbocycles. The summed E-state index contributed by atoms with van der Waals surface area (Å²) in [6, 6.07) is 8.80. The molecule has 1 atom stereocenters. The summed E-state index contributed by atoms with van der Waals surface area (Å²) >= 11 is 0. The Hall–Kier alpha value is -0.900. The van der Waals surface area contributed by atoms with Gasteiger partial charge in [-0.3, -0.25) is 0 Å². The minimum atomic E-state index is 0.310. The highest BCUT2D eigenvalue weighted by molar-refractivity contribution is 5.30. The predicted molar refractivity (Wildman–Crippen MR) is 72.6 cm³/mol. The van der Waals surface area contributed by atoms with E-state index in [4.69, 9.17) is 9.47 Å². The van der Waals surface area contributed by atoms with Gasteiger partial charge >= 0.3 is 0 Å². The van der Waals surface area contributed by atoms with Crippen LogP contribution in [0.2, 0.25) is 0 Å². The largest absolute Gasteiger partial charge is 0.380 e. The Morgan fingerprint density at radius 1 is 1.33 bits per heavy atom. The van der Waals surface area contributed by atoms with Gasteiger partial charge < -0.3 is 14.8 Å². The molecule has 0 saturated carbocycles. The van der Waals surface area contributed by atoms with Crippen LogP contribution < -0.4 is 5.32 Å². The van der Waals surface area contributed by atoms with Gasteiger partial charge in [-0.15, -0.1) is 0 Å². The number of benzene rings is 1. The van der Waals surface area contributed by atoms with Crippen LogP contribution in [0.1, 0.15) is 36.9 Å². The van der Waals surface area contributed by atoms with Crippen molar-refractivity contribution < 1.29 is 9.47 Å². The molecule has 1 aromatic carbocycles. The van der Waals surface area contributed by atoms with Crippen LogP contribution >= 0.6 is 0 Å². The maximum atomic E-state index is 5.60. The van der Waals surface area contributed by atoms with Gasteiger partial charge in [0.1, 0.15) is 0 Å². The third-order valence-corrected chi connectivity index (χ3v) is 3.25. The second-order valence-electron chi connectivity index (χ2n) is 4.69. The number of fused-ring (bicyclic) bond motifs is 1. The molecule has 1 N–H and O–H groups in total. The molecule has 0 radical (unpaired) electrons. The van der Waals surface area contributed by atoms with E-state index in [0.29, 0.717) is 6.04 Å². The predicted octanol–water partition coefficient (Wildman–Crippen LogP) is 2.66. The van der Waals surface area contributed by atoms with Crippen molar-refractivity contribution in [3.05, 3.63) is 35.4 Å². The normalized spacial score (nSPS) is 18.6. The molecule has 1 aliphatic rings. The Morgan fingerprint density at radius 2 is 2.22 bits per heavy atom. The lowest BCUT2D eigenvalue weighted by Crippen LogP contribution is -2.32. The average molecular weight is 249 g/mol. The number of ether oxygens (including phenoxy) is 2. The number of hydrogen-bond acceptors (Lipinski definition) is 3. The molecular weight excluding hydrogens is 226 g/mol. The molecule has 2 rings (SSSR count). The Morgan fingerprint density at radius 3 is 3.11 bits per heavy atom. The highest BCUT2D eigenvalue weighted by Crippen LogP contribution is 2.23. The zero-order valence-electron chi connectivity index (χ0n) is 11.2. The van der Waals surface area contributed by atoms with Crippen LogP contribution in [0.4, 0.5) is 0 Å². The molecule has 3 heteroatoms.